The van der Waals surface area contributed by atoms with Crippen molar-refractivity contribution in [1.82, 2.24) is 15.0 Å². The Morgan fingerprint density at radius 1 is 1.00 bits per heavy atom. The highest BCUT2D eigenvalue weighted by Crippen LogP contribution is 2.34. The fourth-order valence-electron chi connectivity index (χ4n) is 4.41. The molecule has 0 spiro atoms. The van der Waals surface area contributed by atoms with Crippen molar-refractivity contribution in [3.05, 3.63) is 48.9 Å². The second-order valence-corrected chi connectivity index (χ2v) is 8.26. The Hall–Kier alpha value is -3.26. The van der Waals surface area contributed by atoms with Crippen LogP contribution in [0.5, 0.6) is 5.75 Å². The molecule has 1 amide bonds. The molecule has 1 aliphatic heterocycles. The molecule has 0 radical (unpaired) electrons. The highest BCUT2D eigenvalue weighted by molar-refractivity contribution is 5.91. The molecule has 2 aliphatic rings. The number of nitrogens with one attached hydrogen (secondary N) is 1. The number of fused-ring (bicyclic) bond motifs is 1. The molecule has 3 aromatic rings. The smallest absolute Gasteiger partial charge is 0.228 e. The number of carbonyl (C=O) groups excluding carboxylic acids is 1. The van der Waals surface area contributed by atoms with Crippen LogP contribution in [0.3, 0.4) is 0 Å². The van der Waals surface area contributed by atoms with Gasteiger partial charge in [0.1, 0.15) is 17.1 Å². The molecule has 2 aromatic heterocycles. The second kappa shape index (κ2) is 9.48. The summed E-state index contributed by atoms with van der Waals surface area (Å²) >= 11 is 0. The Bertz CT molecular complexity index is 1060. The van der Waals surface area contributed by atoms with Gasteiger partial charge in [-0.05, 0) is 43.9 Å². The third kappa shape index (κ3) is 4.65. The minimum atomic E-state index is -0.0203. The van der Waals surface area contributed by atoms with Gasteiger partial charge in [-0.25, -0.2) is 9.97 Å². The molecule has 0 bridgehead atoms. The number of anilines is 2. The monoisotopic (exact) mass is 433 g/mol. The first-order valence-corrected chi connectivity index (χ1v) is 11.2. The Labute approximate surface area is 187 Å². The fourth-order valence-corrected chi connectivity index (χ4v) is 4.41. The van der Waals surface area contributed by atoms with E-state index in [2.05, 4.69) is 37.3 Å². The van der Waals surface area contributed by atoms with Gasteiger partial charge in [0.2, 0.25) is 5.91 Å². The highest BCUT2D eigenvalue weighted by Gasteiger charge is 2.28. The van der Waals surface area contributed by atoms with Crippen molar-refractivity contribution < 1.29 is 14.3 Å². The summed E-state index contributed by atoms with van der Waals surface area (Å²) in [4.78, 5) is 28.1. The molecule has 0 unspecified atom stereocenters. The molecule has 3 heterocycles. The largest absolute Gasteiger partial charge is 0.488 e. The molecule has 166 valence electrons. The Kier molecular flexibility index (Phi) is 6.11. The molecule has 8 nitrogen and oxygen atoms in total. The van der Waals surface area contributed by atoms with E-state index in [0.29, 0.717) is 5.82 Å². The summed E-state index contributed by atoms with van der Waals surface area (Å²) in [5, 5.41) is 2.92. The Balaban J connectivity index is 1.26. The molecule has 32 heavy (non-hydrogen) atoms. The Morgan fingerprint density at radius 3 is 2.59 bits per heavy atom. The molecule has 1 N–H and O–H groups in total. The summed E-state index contributed by atoms with van der Waals surface area (Å²) in [5.41, 5.74) is 2.69. The first-order chi connectivity index (χ1) is 15.8. The van der Waals surface area contributed by atoms with Crippen molar-refractivity contribution in [3.63, 3.8) is 0 Å². The van der Waals surface area contributed by atoms with Crippen molar-refractivity contribution in [3.8, 4) is 5.75 Å². The van der Waals surface area contributed by atoms with E-state index < -0.39 is 0 Å². The van der Waals surface area contributed by atoms with E-state index in [4.69, 9.17) is 9.47 Å². The minimum Gasteiger partial charge on any atom is -0.488 e. The van der Waals surface area contributed by atoms with Gasteiger partial charge in [-0.3, -0.25) is 9.78 Å². The average molecular weight is 434 g/mol. The van der Waals surface area contributed by atoms with E-state index in [1.54, 1.807) is 24.7 Å². The van der Waals surface area contributed by atoms with Crippen LogP contribution in [-0.4, -0.2) is 53.3 Å². The fraction of sp³-hybridized carbons (Fsp3) is 0.417. The summed E-state index contributed by atoms with van der Waals surface area (Å²) in [6.45, 7) is 3.14. The van der Waals surface area contributed by atoms with E-state index in [0.717, 1.165) is 74.5 Å². The van der Waals surface area contributed by atoms with Gasteiger partial charge in [0, 0.05) is 49.4 Å². The van der Waals surface area contributed by atoms with E-state index in [-0.39, 0.29) is 17.9 Å². The quantitative estimate of drug-likeness (QED) is 0.659. The van der Waals surface area contributed by atoms with Crippen LogP contribution in [0.2, 0.25) is 0 Å². The van der Waals surface area contributed by atoms with Gasteiger partial charge in [0.15, 0.2) is 0 Å². The molecule has 0 atom stereocenters. The van der Waals surface area contributed by atoms with E-state index >= 15 is 0 Å². The van der Waals surface area contributed by atoms with Crippen LogP contribution in [0, 0.1) is 5.92 Å². The van der Waals surface area contributed by atoms with Crippen LogP contribution in [-0.2, 0) is 9.53 Å². The lowest BCUT2D eigenvalue weighted by Crippen LogP contribution is -2.36. The van der Waals surface area contributed by atoms with Crippen LogP contribution >= 0.6 is 0 Å². The van der Waals surface area contributed by atoms with Gasteiger partial charge in [-0.15, -0.1) is 0 Å². The highest BCUT2D eigenvalue weighted by atomic mass is 16.5. The molecular weight excluding hydrogens is 406 g/mol. The van der Waals surface area contributed by atoms with Crippen LogP contribution in [0.1, 0.15) is 25.7 Å². The van der Waals surface area contributed by atoms with Gasteiger partial charge < -0.3 is 19.7 Å². The molecule has 2 fully saturated rings. The summed E-state index contributed by atoms with van der Waals surface area (Å²) in [5.74, 6) is 1.38. The van der Waals surface area contributed by atoms with Gasteiger partial charge in [-0.2, -0.15) is 0 Å². The maximum atomic E-state index is 12.6. The van der Waals surface area contributed by atoms with Gasteiger partial charge >= 0.3 is 0 Å². The third-order valence-corrected chi connectivity index (χ3v) is 6.15. The number of ether oxygens (including phenoxy) is 2. The van der Waals surface area contributed by atoms with E-state index in [1.807, 2.05) is 12.1 Å². The number of pyridine rings is 1. The lowest BCUT2D eigenvalue weighted by atomic mass is 9.86. The number of hydrogen-bond acceptors (Lipinski definition) is 7. The van der Waals surface area contributed by atoms with Gasteiger partial charge in [-0.1, -0.05) is 6.07 Å². The van der Waals surface area contributed by atoms with Crippen molar-refractivity contribution in [1.29, 1.82) is 0 Å². The number of amides is 1. The predicted octanol–water partition coefficient (Wildman–Crippen LogP) is 3.44. The van der Waals surface area contributed by atoms with E-state index in [9.17, 15) is 4.79 Å². The van der Waals surface area contributed by atoms with Crippen LogP contribution in [0.15, 0.2) is 48.9 Å². The molecule has 8 heteroatoms. The zero-order valence-corrected chi connectivity index (χ0v) is 17.9. The normalized spacial score (nSPS) is 21.3. The first kappa shape index (κ1) is 20.6. The SMILES string of the molecule is O=C(Nc1ccccn1)C1CCC(Oc2cc(N3CCOCC3)cc3nccnc23)CC1. The second-order valence-electron chi connectivity index (χ2n) is 8.26. The number of rotatable bonds is 5. The molecule has 1 saturated heterocycles. The standard InChI is InChI=1S/C24H27N5O3/c30-24(28-22-3-1-2-8-26-22)17-4-6-19(7-5-17)32-21-16-18(29-11-13-31-14-12-29)15-20-23(21)27-10-9-25-20/h1-3,8-10,15-17,19H,4-7,11-14H2,(H,26,28,30). The summed E-state index contributed by atoms with van der Waals surface area (Å²) < 4.78 is 11.9. The molecular formula is C24H27N5O3. The van der Waals surface area contributed by atoms with Crippen molar-refractivity contribution >= 4 is 28.4 Å². The van der Waals surface area contributed by atoms with Crippen molar-refractivity contribution in [2.75, 3.05) is 36.5 Å². The van der Waals surface area contributed by atoms with Crippen molar-refractivity contribution in [2.24, 2.45) is 5.92 Å². The van der Waals surface area contributed by atoms with Crippen LogP contribution in [0.25, 0.3) is 11.0 Å². The zero-order chi connectivity index (χ0) is 21.8. The molecule has 1 aromatic carbocycles. The summed E-state index contributed by atoms with van der Waals surface area (Å²) in [7, 11) is 0. The minimum absolute atomic E-state index is 0.0203. The lowest BCUT2D eigenvalue weighted by Gasteiger charge is -2.31. The summed E-state index contributed by atoms with van der Waals surface area (Å²) in [6, 6.07) is 9.65. The van der Waals surface area contributed by atoms with Gasteiger partial charge in [0.05, 0.1) is 24.8 Å². The number of carbonyl (C=O) groups is 1. The summed E-state index contributed by atoms with van der Waals surface area (Å²) in [6.07, 6.45) is 8.36. The topological polar surface area (TPSA) is 89.5 Å². The van der Waals surface area contributed by atoms with Crippen LogP contribution in [0.4, 0.5) is 11.5 Å². The molecule has 1 aliphatic carbocycles. The number of aromatic nitrogens is 3. The maximum absolute atomic E-state index is 12.6. The number of hydrogen-bond donors (Lipinski definition) is 1. The molecule has 1 saturated carbocycles. The lowest BCUT2D eigenvalue weighted by molar-refractivity contribution is -0.121. The number of nitrogens with zero attached hydrogens (tertiary/aromatic N) is 4. The Morgan fingerprint density at radius 2 is 1.81 bits per heavy atom. The average Bonchev–Trinajstić information content (AvgIpc) is 2.85. The van der Waals surface area contributed by atoms with Gasteiger partial charge in [0.25, 0.3) is 0 Å². The zero-order valence-electron chi connectivity index (χ0n) is 17.9. The third-order valence-electron chi connectivity index (χ3n) is 6.15. The predicted molar refractivity (Wildman–Crippen MR) is 122 cm³/mol. The van der Waals surface area contributed by atoms with Crippen LogP contribution < -0.4 is 15.0 Å². The first-order valence-electron chi connectivity index (χ1n) is 11.2. The van der Waals surface area contributed by atoms with Crippen molar-refractivity contribution in [2.45, 2.75) is 31.8 Å². The van der Waals surface area contributed by atoms with E-state index in [1.165, 1.54) is 0 Å². The number of benzene rings is 1. The number of morpholine rings is 1. The molecule has 5 rings (SSSR count). The maximum Gasteiger partial charge on any atom is 0.228 e.